The summed E-state index contributed by atoms with van der Waals surface area (Å²) in [5.41, 5.74) is 0.456. The van der Waals surface area contributed by atoms with Crippen LogP contribution < -0.4 is 5.32 Å². The number of thiophene rings is 1. The third kappa shape index (κ3) is 4.57. The third-order valence-corrected chi connectivity index (χ3v) is 2.78. The largest absolute Gasteiger partial charge is 0.468 e. The van der Waals surface area contributed by atoms with Crippen LogP contribution in [0.3, 0.4) is 0 Å². The van der Waals surface area contributed by atoms with Gasteiger partial charge in [0, 0.05) is 11.8 Å². The van der Waals surface area contributed by atoms with Crippen LogP contribution in [0.5, 0.6) is 0 Å². The molecule has 18 heavy (non-hydrogen) atoms. The monoisotopic (exact) mass is 267 g/mol. The average molecular weight is 267 g/mol. The van der Waals surface area contributed by atoms with Gasteiger partial charge in [0.25, 0.3) is 5.91 Å². The van der Waals surface area contributed by atoms with Crippen molar-refractivity contribution in [3.8, 4) is 11.8 Å². The fourth-order valence-corrected chi connectivity index (χ4v) is 1.81. The van der Waals surface area contributed by atoms with E-state index in [1.165, 1.54) is 18.4 Å². The summed E-state index contributed by atoms with van der Waals surface area (Å²) in [6.07, 6.45) is 0.405. The van der Waals surface area contributed by atoms with E-state index in [-0.39, 0.29) is 19.1 Å². The Morgan fingerprint density at radius 2 is 2.33 bits per heavy atom. The molecule has 1 aromatic rings. The van der Waals surface area contributed by atoms with Gasteiger partial charge in [0.1, 0.15) is 6.54 Å². The van der Waals surface area contributed by atoms with Crippen molar-refractivity contribution in [3.63, 3.8) is 0 Å². The van der Waals surface area contributed by atoms with Crippen molar-refractivity contribution in [2.75, 3.05) is 20.3 Å². The van der Waals surface area contributed by atoms with Gasteiger partial charge in [-0.25, -0.2) is 0 Å². The number of methoxy groups -OCH3 is 1. The maximum Gasteiger partial charge on any atom is 0.325 e. The van der Waals surface area contributed by atoms with Crippen LogP contribution in [0.2, 0.25) is 0 Å². The highest BCUT2D eigenvalue weighted by Crippen LogP contribution is 2.13. The second-order valence-electron chi connectivity index (χ2n) is 3.23. The van der Waals surface area contributed by atoms with E-state index in [4.69, 9.17) is 5.11 Å². The van der Waals surface area contributed by atoms with Gasteiger partial charge < -0.3 is 15.2 Å². The predicted octanol–water partition coefficient (Wildman–Crippen LogP) is 0.385. The number of hydrogen-bond acceptors (Lipinski definition) is 5. The van der Waals surface area contributed by atoms with Crippen molar-refractivity contribution >= 4 is 23.2 Å². The molecule has 6 heteroatoms. The lowest BCUT2D eigenvalue weighted by Gasteiger charge is -2.00. The van der Waals surface area contributed by atoms with E-state index < -0.39 is 5.97 Å². The van der Waals surface area contributed by atoms with Gasteiger partial charge >= 0.3 is 5.97 Å². The van der Waals surface area contributed by atoms with E-state index in [9.17, 15) is 9.59 Å². The van der Waals surface area contributed by atoms with Crippen LogP contribution in [-0.2, 0) is 9.53 Å². The van der Waals surface area contributed by atoms with E-state index >= 15 is 0 Å². The lowest BCUT2D eigenvalue weighted by molar-refractivity contribution is -0.139. The van der Waals surface area contributed by atoms with Crippen molar-refractivity contribution in [2.24, 2.45) is 0 Å². The average Bonchev–Trinajstić information content (AvgIpc) is 2.84. The van der Waals surface area contributed by atoms with E-state index in [1.54, 1.807) is 11.4 Å². The molecule has 5 nitrogen and oxygen atoms in total. The Bertz CT molecular complexity index is 484. The smallest absolute Gasteiger partial charge is 0.325 e. The highest BCUT2D eigenvalue weighted by atomic mass is 32.1. The van der Waals surface area contributed by atoms with Crippen LogP contribution in [0.4, 0.5) is 0 Å². The van der Waals surface area contributed by atoms with E-state index in [0.717, 1.165) is 4.88 Å². The van der Waals surface area contributed by atoms with Crippen LogP contribution in [0.15, 0.2) is 11.4 Å². The molecule has 0 bridgehead atoms. The first-order chi connectivity index (χ1) is 8.67. The minimum absolute atomic E-state index is 0.0187. The Morgan fingerprint density at radius 1 is 1.56 bits per heavy atom. The van der Waals surface area contributed by atoms with Crippen molar-refractivity contribution in [1.82, 2.24) is 5.32 Å². The maximum atomic E-state index is 11.6. The molecule has 0 aliphatic heterocycles. The molecule has 0 aliphatic carbocycles. The number of nitrogens with one attached hydrogen (secondary N) is 1. The zero-order valence-electron chi connectivity index (χ0n) is 9.86. The highest BCUT2D eigenvalue weighted by molar-refractivity contribution is 7.10. The number of esters is 1. The molecular formula is C12H13NO4S. The summed E-state index contributed by atoms with van der Waals surface area (Å²) in [4.78, 5) is 23.2. The summed E-state index contributed by atoms with van der Waals surface area (Å²) in [6.45, 7) is -0.137. The molecule has 1 heterocycles. The third-order valence-electron chi connectivity index (χ3n) is 1.93. The molecule has 0 aliphatic rings. The summed E-state index contributed by atoms with van der Waals surface area (Å²) in [5.74, 6) is 4.76. The zero-order chi connectivity index (χ0) is 13.4. The van der Waals surface area contributed by atoms with Crippen molar-refractivity contribution in [2.45, 2.75) is 6.42 Å². The van der Waals surface area contributed by atoms with E-state index in [2.05, 4.69) is 21.9 Å². The summed E-state index contributed by atoms with van der Waals surface area (Å²) in [5, 5.41) is 12.7. The van der Waals surface area contributed by atoms with Crippen molar-refractivity contribution in [1.29, 1.82) is 0 Å². The van der Waals surface area contributed by atoms with Crippen molar-refractivity contribution in [3.05, 3.63) is 21.9 Å². The molecule has 1 aromatic heterocycles. The summed E-state index contributed by atoms with van der Waals surface area (Å²) < 4.78 is 4.41. The molecule has 0 saturated heterocycles. The maximum absolute atomic E-state index is 11.6. The second kappa shape index (κ2) is 7.48. The van der Waals surface area contributed by atoms with Crippen LogP contribution in [0, 0.1) is 11.8 Å². The Kier molecular flexibility index (Phi) is 5.91. The number of ether oxygens (including phenoxy) is 1. The molecular weight excluding hydrogens is 254 g/mol. The fraction of sp³-hybridized carbons (Fsp3) is 0.333. The number of hydrogen-bond donors (Lipinski definition) is 2. The second-order valence-corrected chi connectivity index (χ2v) is 4.15. The summed E-state index contributed by atoms with van der Waals surface area (Å²) in [6, 6.07) is 1.64. The van der Waals surface area contributed by atoms with Gasteiger partial charge in [-0.3, -0.25) is 9.59 Å². The number of aliphatic hydroxyl groups excluding tert-OH is 1. The van der Waals surface area contributed by atoms with Gasteiger partial charge in [-0.1, -0.05) is 11.8 Å². The fourth-order valence-electron chi connectivity index (χ4n) is 1.05. The molecule has 1 amide bonds. The molecule has 0 radical (unpaired) electrons. The first kappa shape index (κ1) is 14.2. The number of carbonyl (C=O) groups excluding carboxylic acids is 2. The normalized spacial score (nSPS) is 9.22. The van der Waals surface area contributed by atoms with Crippen LogP contribution >= 0.6 is 11.3 Å². The summed E-state index contributed by atoms with van der Waals surface area (Å²) >= 11 is 1.34. The highest BCUT2D eigenvalue weighted by Gasteiger charge is 2.09. The first-order valence-electron chi connectivity index (χ1n) is 5.20. The SMILES string of the molecule is COC(=O)CNC(=O)c1csc(C#CCCO)c1. The molecule has 0 spiro atoms. The molecule has 1 rings (SSSR count). The molecule has 2 N–H and O–H groups in total. The number of rotatable bonds is 4. The van der Waals surface area contributed by atoms with Gasteiger partial charge in [-0.05, 0) is 6.07 Å². The lowest BCUT2D eigenvalue weighted by Crippen LogP contribution is -2.29. The first-order valence-corrected chi connectivity index (χ1v) is 6.08. The van der Waals surface area contributed by atoms with Crippen molar-refractivity contribution < 1.29 is 19.4 Å². The lowest BCUT2D eigenvalue weighted by atomic mass is 10.3. The molecule has 0 fully saturated rings. The number of aliphatic hydroxyl groups is 1. The van der Waals surface area contributed by atoms with Gasteiger partial charge in [-0.15, -0.1) is 11.3 Å². The quantitative estimate of drug-likeness (QED) is 0.611. The van der Waals surface area contributed by atoms with Gasteiger partial charge in [-0.2, -0.15) is 0 Å². The molecule has 96 valence electrons. The van der Waals surface area contributed by atoms with Crippen LogP contribution in [-0.4, -0.2) is 37.2 Å². The molecule has 0 saturated carbocycles. The molecule has 0 unspecified atom stereocenters. The van der Waals surface area contributed by atoms with Gasteiger partial charge in [0.05, 0.1) is 24.2 Å². The number of carbonyl (C=O) groups is 2. The van der Waals surface area contributed by atoms with Crippen LogP contribution in [0.1, 0.15) is 21.7 Å². The van der Waals surface area contributed by atoms with Gasteiger partial charge in [0.15, 0.2) is 0 Å². The standard InChI is InChI=1S/C12H13NO4S/c1-17-11(15)7-13-12(16)9-6-10(18-8-9)4-2-3-5-14/h6,8,14H,3,5,7H2,1H3,(H,13,16). The van der Waals surface area contributed by atoms with Crippen LogP contribution in [0.25, 0.3) is 0 Å². The Labute approximate surface area is 109 Å². The molecule has 0 aromatic carbocycles. The molecule has 0 atom stereocenters. The zero-order valence-corrected chi connectivity index (χ0v) is 10.7. The summed E-state index contributed by atoms with van der Waals surface area (Å²) in [7, 11) is 1.26. The van der Waals surface area contributed by atoms with E-state index in [0.29, 0.717) is 12.0 Å². The Balaban J connectivity index is 2.55. The number of amides is 1. The predicted molar refractivity (Wildman–Crippen MR) is 67.2 cm³/mol. The topological polar surface area (TPSA) is 75.6 Å². The Hall–Kier alpha value is -1.84. The van der Waals surface area contributed by atoms with E-state index in [1.807, 2.05) is 0 Å². The Morgan fingerprint density at radius 3 is 3.00 bits per heavy atom. The van der Waals surface area contributed by atoms with Gasteiger partial charge in [0.2, 0.25) is 0 Å². The minimum Gasteiger partial charge on any atom is -0.468 e. The minimum atomic E-state index is -0.499.